The molecule has 6 nitrogen and oxygen atoms in total. The van der Waals surface area contributed by atoms with Crippen LogP contribution in [0.15, 0.2) is 23.2 Å². The van der Waals surface area contributed by atoms with Crippen molar-refractivity contribution >= 4 is 28.2 Å². The Balaban J connectivity index is 2.21. The van der Waals surface area contributed by atoms with Gasteiger partial charge in [0, 0.05) is 12.1 Å². The summed E-state index contributed by atoms with van der Waals surface area (Å²) in [5, 5.41) is 11.1. The minimum Gasteiger partial charge on any atom is -0.496 e. The highest BCUT2D eigenvalue weighted by Gasteiger charge is 2.27. The molecule has 1 aliphatic rings. The Morgan fingerprint density at radius 1 is 1.38 bits per heavy atom. The Morgan fingerprint density at radius 3 is 2.79 bits per heavy atom. The number of aliphatic imine (C=N–C) groups is 1. The van der Waals surface area contributed by atoms with Gasteiger partial charge < -0.3 is 20.5 Å². The van der Waals surface area contributed by atoms with Crippen LogP contribution >= 0.6 is 0 Å². The van der Waals surface area contributed by atoms with E-state index in [-0.39, 0.29) is 0 Å². The molecule has 0 saturated carbocycles. The predicted molar refractivity (Wildman–Crippen MR) is 97.8 cm³/mol. The Labute approximate surface area is 142 Å². The first kappa shape index (κ1) is 16.5. The number of nitrogens with zero attached hydrogens (tertiary/aromatic N) is 3. The maximum atomic E-state index is 10.1. The molecule has 0 aliphatic carbocycles. The van der Waals surface area contributed by atoms with Crippen LogP contribution in [-0.4, -0.2) is 35.2 Å². The molecule has 0 atom stereocenters. The number of methoxy groups -OCH3 is 1. The number of nitrogens with two attached hydrogens (primary N) is 1. The van der Waals surface area contributed by atoms with Gasteiger partial charge in [-0.25, -0.2) is 4.98 Å². The molecule has 24 heavy (non-hydrogen) atoms. The molecule has 2 aromatic rings. The van der Waals surface area contributed by atoms with Gasteiger partial charge in [-0.15, -0.1) is 0 Å². The van der Waals surface area contributed by atoms with Crippen molar-refractivity contribution in [3.05, 3.63) is 23.8 Å². The van der Waals surface area contributed by atoms with E-state index in [1.165, 1.54) is 0 Å². The van der Waals surface area contributed by atoms with Crippen molar-refractivity contribution in [2.45, 2.75) is 39.3 Å². The molecule has 1 aromatic carbocycles. The zero-order valence-corrected chi connectivity index (χ0v) is 14.6. The fourth-order valence-corrected chi connectivity index (χ4v) is 3.04. The average molecular weight is 328 g/mol. The number of hydrogen-bond acceptors (Lipinski definition) is 6. The quantitative estimate of drug-likeness (QED) is 0.901. The second-order valence-electron chi connectivity index (χ2n) is 6.76. The summed E-state index contributed by atoms with van der Waals surface area (Å²) in [4.78, 5) is 11.2. The lowest BCUT2D eigenvalue weighted by Crippen LogP contribution is -2.37. The first-order valence-corrected chi connectivity index (χ1v) is 8.08. The Hall–Kier alpha value is -2.34. The van der Waals surface area contributed by atoms with E-state index in [0.29, 0.717) is 25.3 Å². The van der Waals surface area contributed by atoms with Crippen molar-refractivity contribution in [1.82, 2.24) is 4.98 Å². The summed E-state index contributed by atoms with van der Waals surface area (Å²) in [6.45, 7) is 6.74. The summed E-state index contributed by atoms with van der Waals surface area (Å²) < 4.78 is 5.57. The predicted octanol–water partition coefficient (Wildman–Crippen LogP) is 2.73. The summed E-state index contributed by atoms with van der Waals surface area (Å²) in [5.41, 5.74) is 8.14. The van der Waals surface area contributed by atoms with Gasteiger partial charge in [0.25, 0.3) is 0 Å². The standard InChI is InChI=1S/C18H24N4O2/c1-11-20-10-12-16(22(11)9-8-18(2,3)23)15-13(21-17(12)19)6-5-7-14(15)24-4/h5-7,23H,8-10H2,1-4H3,(H2,19,21). The molecule has 0 spiro atoms. The number of aromatic nitrogens is 1. The molecular weight excluding hydrogens is 304 g/mol. The molecule has 2 heterocycles. The third-order valence-corrected chi connectivity index (χ3v) is 4.37. The van der Waals surface area contributed by atoms with Gasteiger partial charge in [0.1, 0.15) is 17.4 Å². The summed E-state index contributed by atoms with van der Waals surface area (Å²) in [5.74, 6) is 2.17. The zero-order valence-electron chi connectivity index (χ0n) is 14.6. The maximum Gasteiger partial charge on any atom is 0.131 e. The van der Waals surface area contributed by atoms with Crippen molar-refractivity contribution in [1.29, 1.82) is 0 Å². The van der Waals surface area contributed by atoms with Gasteiger partial charge in [-0.3, -0.25) is 4.99 Å². The Kier molecular flexibility index (Phi) is 4.09. The third kappa shape index (κ3) is 2.89. The Bertz CT molecular complexity index is 809. The van der Waals surface area contributed by atoms with Crippen LogP contribution in [0.1, 0.15) is 32.8 Å². The number of benzene rings is 1. The Morgan fingerprint density at radius 2 is 2.12 bits per heavy atom. The molecule has 128 valence electrons. The first-order chi connectivity index (χ1) is 11.3. The largest absolute Gasteiger partial charge is 0.496 e. The fourth-order valence-electron chi connectivity index (χ4n) is 3.04. The van der Waals surface area contributed by atoms with E-state index in [1.54, 1.807) is 7.11 Å². The smallest absolute Gasteiger partial charge is 0.131 e. The highest BCUT2D eigenvalue weighted by molar-refractivity contribution is 6.09. The second kappa shape index (κ2) is 5.94. The molecule has 3 N–H and O–H groups in total. The summed E-state index contributed by atoms with van der Waals surface area (Å²) in [6.07, 6.45) is 0.609. The number of anilines is 2. The molecule has 1 aromatic heterocycles. The highest BCUT2D eigenvalue weighted by atomic mass is 16.5. The van der Waals surface area contributed by atoms with Gasteiger partial charge in [0.2, 0.25) is 0 Å². The van der Waals surface area contributed by atoms with Crippen molar-refractivity contribution < 1.29 is 9.84 Å². The van der Waals surface area contributed by atoms with E-state index >= 15 is 0 Å². The number of hydrogen-bond donors (Lipinski definition) is 2. The van der Waals surface area contributed by atoms with Gasteiger partial charge in [-0.05, 0) is 39.3 Å². The van der Waals surface area contributed by atoms with Gasteiger partial charge in [0.05, 0.1) is 35.8 Å². The van der Waals surface area contributed by atoms with Crippen molar-refractivity contribution in [2.24, 2.45) is 4.99 Å². The monoisotopic (exact) mass is 328 g/mol. The van der Waals surface area contributed by atoms with Gasteiger partial charge >= 0.3 is 0 Å². The van der Waals surface area contributed by atoms with Crippen LogP contribution in [0.25, 0.3) is 10.9 Å². The summed E-state index contributed by atoms with van der Waals surface area (Å²) in [6, 6.07) is 5.77. The lowest BCUT2D eigenvalue weighted by atomic mass is 10.0. The van der Waals surface area contributed by atoms with Crippen LogP contribution in [0.4, 0.5) is 11.5 Å². The molecule has 0 bridgehead atoms. The zero-order chi connectivity index (χ0) is 17.5. The van der Waals surface area contributed by atoms with Crippen LogP contribution < -0.4 is 15.4 Å². The van der Waals surface area contributed by atoms with E-state index in [1.807, 2.05) is 39.0 Å². The summed E-state index contributed by atoms with van der Waals surface area (Å²) in [7, 11) is 1.66. The highest BCUT2D eigenvalue weighted by Crippen LogP contribution is 2.41. The number of pyridine rings is 1. The number of amidine groups is 1. The fraction of sp³-hybridized carbons (Fsp3) is 0.444. The van der Waals surface area contributed by atoms with E-state index in [9.17, 15) is 5.11 Å². The van der Waals surface area contributed by atoms with Crippen LogP contribution in [-0.2, 0) is 6.54 Å². The van der Waals surface area contributed by atoms with Gasteiger partial charge in [0.15, 0.2) is 0 Å². The number of aliphatic hydroxyl groups is 1. The molecule has 6 heteroatoms. The van der Waals surface area contributed by atoms with Crippen LogP contribution in [0.2, 0.25) is 0 Å². The van der Waals surface area contributed by atoms with Crippen molar-refractivity contribution in [2.75, 3.05) is 24.3 Å². The molecule has 0 unspecified atom stereocenters. The van der Waals surface area contributed by atoms with Crippen LogP contribution in [0.5, 0.6) is 5.75 Å². The summed E-state index contributed by atoms with van der Waals surface area (Å²) >= 11 is 0. The number of rotatable bonds is 4. The van der Waals surface area contributed by atoms with E-state index in [4.69, 9.17) is 10.5 Å². The van der Waals surface area contributed by atoms with Crippen LogP contribution in [0, 0.1) is 0 Å². The van der Waals surface area contributed by atoms with Crippen molar-refractivity contribution in [3.63, 3.8) is 0 Å². The molecule has 0 fully saturated rings. The van der Waals surface area contributed by atoms with Crippen LogP contribution in [0.3, 0.4) is 0 Å². The number of ether oxygens (including phenoxy) is 1. The molecule has 0 radical (unpaired) electrons. The molecular formula is C18H24N4O2. The SMILES string of the molecule is COc1cccc2nc(N)c3c(c12)N(CCC(C)(C)O)C(C)=NC3. The minimum atomic E-state index is -0.754. The lowest BCUT2D eigenvalue weighted by molar-refractivity contribution is 0.0738. The maximum absolute atomic E-state index is 10.1. The topological polar surface area (TPSA) is 84.0 Å². The van der Waals surface area contributed by atoms with Gasteiger partial charge in [-0.1, -0.05) is 6.07 Å². The van der Waals surface area contributed by atoms with E-state index < -0.39 is 5.60 Å². The molecule has 3 rings (SSSR count). The molecule has 1 aliphatic heterocycles. The van der Waals surface area contributed by atoms with Crippen molar-refractivity contribution in [3.8, 4) is 5.75 Å². The number of fused-ring (bicyclic) bond motifs is 3. The lowest BCUT2D eigenvalue weighted by Gasteiger charge is -2.33. The average Bonchev–Trinajstić information content (AvgIpc) is 2.52. The molecule has 0 amide bonds. The first-order valence-electron chi connectivity index (χ1n) is 8.08. The second-order valence-corrected chi connectivity index (χ2v) is 6.76. The van der Waals surface area contributed by atoms with Gasteiger partial charge in [-0.2, -0.15) is 0 Å². The van der Waals surface area contributed by atoms with E-state index in [0.717, 1.165) is 33.7 Å². The number of nitrogen functional groups attached to an aromatic ring is 1. The normalized spacial score (nSPS) is 14.5. The third-order valence-electron chi connectivity index (χ3n) is 4.37. The van der Waals surface area contributed by atoms with E-state index in [2.05, 4.69) is 14.9 Å². The minimum absolute atomic E-state index is 0.496. The molecule has 0 saturated heterocycles.